The molecule has 0 bridgehead atoms. The zero-order valence-corrected chi connectivity index (χ0v) is 9.46. The quantitative estimate of drug-likeness (QED) is 0.611. The van der Waals surface area contributed by atoms with Crippen molar-refractivity contribution in [3.63, 3.8) is 0 Å². The van der Waals surface area contributed by atoms with Crippen molar-refractivity contribution in [2.45, 2.75) is 31.4 Å². The number of alkyl carbamates (subject to hydrolysis) is 1. The Morgan fingerprint density at radius 1 is 1.53 bits per heavy atom. The Balaban J connectivity index is 2.51. The van der Waals surface area contributed by atoms with Crippen molar-refractivity contribution in [3.8, 4) is 0 Å². The summed E-state index contributed by atoms with van der Waals surface area (Å²) in [4.78, 5) is 22.3. The predicted octanol–water partition coefficient (Wildman–Crippen LogP) is 0.513. The molecule has 17 heavy (non-hydrogen) atoms. The first-order valence-corrected chi connectivity index (χ1v) is 5.49. The van der Waals surface area contributed by atoms with E-state index in [0.29, 0.717) is 19.3 Å². The number of hydrogen-bond donors (Lipinski definition) is 3. The molecule has 1 aliphatic rings. The smallest absolute Gasteiger partial charge is 0.408 e. The predicted molar refractivity (Wildman–Crippen MR) is 59.5 cm³/mol. The highest BCUT2D eigenvalue weighted by molar-refractivity contribution is 5.80. The Labute approximate surface area is 99.3 Å². The SMILES string of the molecule is C=CCOC(=O)NC(C(=O)O)C1CCC(O)C1. The van der Waals surface area contributed by atoms with Crippen LogP contribution < -0.4 is 5.32 Å². The van der Waals surface area contributed by atoms with E-state index in [1.54, 1.807) is 0 Å². The van der Waals surface area contributed by atoms with Gasteiger partial charge < -0.3 is 20.3 Å². The molecular weight excluding hydrogens is 226 g/mol. The summed E-state index contributed by atoms with van der Waals surface area (Å²) in [6.45, 7) is 3.41. The van der Waals surface area contributed by atoms with Crippen LogP contribution in [0, 0.1) is 5.92 Å². The topological polar surface area (TPSA) is 95.9 Å². The number of aliphatic hydroxyl groups excluding tert-OH is 1. The lowest BCUT2D eigenvalue weighted by Gasteiger charge is -2.20. The standard InChI is InChI=1S/C11H17NO5/c1-2-5-17-11(16)12-9(10(14)15)7-3-4-8(13)6-7/h2,7-9,13H,1,3-6H2,(H,12,16)(H,14,15). The molecule has 3 atom stereocenters. The molecule has 0 spiro atoms. The second-order valence-corrected chi connectivity index (χ2v) is 4.07. The van der Waals surface area contributed by atoms with E-state index in [-0.39, 0.29) is 12.5 Å². The third kappa shape index (κ3) is 4.07. The lowest BCUT2D eigenvalue weighted by molar-refractivity contribution is -0.140. The van der Waals surface area contributed by atoms with Crippen LogP contribution in [0.3, 0.4) is 0 Å². The highest BCUT2D eigenvalue weighted by Crippen LogP contribution is 2.28. The van der Waals surface area contributed by atoms with Gasteiger partial charge in [-0.3, -0.25) is 0 Å². The van der Waals surface area contributed by atoms with Crippen LogP contribution in [0.25, 0.3) is 0 Å². The van der Waals surface area contributed by atoms with Gasteiger partial charge in [-0.05, 0) is 25.2 Å². The van der Waals surface area contributed by atoms with Crippen LogP contribution in [0.2, 0.25) is 0 Å². The van der Waals surface area contributed by atoms with Gasteiger partial charge >= 0.3 is 12.1 Å². The summed E-state index contributed by atoms with van der Waals surface area (Å²) in [5.74, 6) is -1.36. The van der Waals surface area contributed by atoms with Gasteiger partial charge in [0.2, 0.25) is 0 Å². The molecule has 0 aromatic heterocycles. The van der Waals surface area contributed by atoms with Crippen LogP contribution in [-0.4, -0.2) is 41.0 Å². The summed E-state index contributed by atoms with van der Waals surface area (Å²) in [5.41, 5.74) is 0. The van der Waals surface area contributed by atoms with Gasteiger partial charge in [-0.15, -0.1) is 0 Å². The zero-order chi connectivity index (χ0) is 12.8. The molecule has 1 rings (SSSR count). The number of carbonyl (C=O) groups is 2. The molecule has 1 aliphatic carbocycles. The minimum atomic E-state index is -1.11. The molecule has 0 aromatic rings. The molecular formula is C11H17NO5. The van der Waals surface area contributed by atoms with E-state index in [4.69, 9.17) is 5.11 Å². The fourth-order valence-corrected chi connectivity index (χ4v) is 1.98. The van der Waals surface area contributed by atoms with Gasteiger partial charge in [0.05, 0.1) is 6.10 Å². The Hall–Kier alpha value is -1.56. The molecule has 3 unspecified atom stereocenters. The molecule has 0 saturated heterocycles. The molecule has 0 radical (unpaired) electrons. The van der Waals surface area contributed by atoms with Crippen LogP contribution in [0.4, 0.5) is 4.79 Å². The number of ether oxygens (including phenoxy) is 1. The van der Waals surface area contributed by atoms with Gasteiger partial charge in [-0.1, -0.05) is 12.7 Å². The van der Waals surface area contributed by atoms with E-state index in [1.807, 2.05) is 0 Å². The normalized spacial score (nSPS) is 25.0. The van der Waals surface area contributed by atoms with Crippen LogP contribution in [0.1, 0.15) is 19.3 Å². The summed E-state index contributed by atoms with van der Waals surface area (Å²) in [6.07, 6.45) is 1.68. The molecule has 96 valence electrons. The Bertz CT molecular complexity index is 304. The van der Waals surface area contributed by atoms with Crippen molar-refractivity contribution < 1.29 is 24.5 Å². The van der Waals surface area contributed by atoms with Crippen molar-refractivity contribution in [2.24, 2.45) is 5.92 Å². The van der Waals surface area contributed by atoms with Crippen molar-refractivity contribution >= 4 is 12.1 Å². The summed E-state index contributed by atoms with van der Waals surface area (Å²) >= 11 is 0. The maximum absolute atomic E-state index is 11.2. The van der Waals surface area contributed by atoms with Crippen molar-refractivity contribution in [1.82, 2.24) is 5.32 Å². The van der Waals surface area contributed by atoms with Crippen LogP contribution in [0.5, 0.6) is 0 Å². The lowest BCUT2D eigenvalue weighted by Crippen LogP contribution is -2.45. The van der Waals surface area contributed by atoms with E-state index in [2.05, 4.69) is 16.6 Å². The third-order valence-electron chi connectivity index (χ3n) is 2.79. The van der Waals surface area contributed by atoms with E-state index in [0.717, 1.165) is 0 Å². The fraction of sp³-hybridized carbons (Fsp3) is 0.636. The number of carbonyl (C=O) groups excluding carboxylic acids is 1. The minimum Gasteiger partial charge on any atom is -0.480 e. The van der Waals surface area contributed by atoms with E-state index < -0.39 is 24.2 Å². The molecule has 1 amide bonds. The van der Waals surface area contributed by atoms with Crippen LogP contribution in [0.15, 0.2) is 12.7 Å². The lowest BCUT2D eigenvalue weighted by atomic mass is 9.98. The zero-order valence-electron chi connectivity index (χ0n) is 9.46. The maximum Gasteiger partial charge on any atom is 0.408 e. The van der Waals surface area contributed by atoms with Gasteiger partial charge in [0.25, 0.3) is 0 Å². The summed E-state index contributed by atoms with van der Waals surface area (Å²) in [5, 5.41) is 20.7. The van der Waals surface area contributed by atoms with Gasteiger partial charge in [0, 0.05) is 0 Å². The molecule has 6 nitrogen and oxygen atoms in total. The van der Waals surface area contributed by atoms with Gasteiger partial charge in [0.1, 0.15) is 12.6 Å². The highest BCUT2D eigenvalue weighted by Gasteiger charge is 2.35. The Morgan fingerprint density at radius 3 is 2.71 bits per heavy atom. The number of carboxylic acids is 1. The highest BCUT2D eigenvalue weighted by atomic mass is 16.5. The first-order valence-electron chi connectivity index (χ1n) is 5.49. The Morgan fingerprint density at radius 2 is 2.24 bits per heavy atom. The third-order valence-corrected chi connectivity index (χ3v) is 2.79. The second kappa shape index (κ2) is 6.24. The van der Waals surface area contributed by atoms with Crippen molar-refractivity contribution in [1.29, 1.82) is 0 Å². The van der Waals surface area contributed by atoms with Crippen molar-refractivity contribution in [2.75, 3.05) is 6.61 Å². The number of aliphatic carboxylic acids is 1. The van der Waals surface area contributed by atoms with Gasteiger partial charge in [-0.2, -0.15) is 0 Å². The largest absolute Gasteiger partial charge is 0.480 e. The van der Waals surface area contributed by atoms with Gasteiger partial charge in [-0.25, -0.2) is 9.59 Å². The number of carboxylic acid groups (broad SMARTS) is 1. The second-order valence-electron chi connectivity index (χ2n) is 4.07. The molecule has 6 heteroatoms. The average Bonchev–Trinajstić information content (AvgIpc) is 2.69. The maximum atomic E-state index is 11.2. The summed E-state index contributed by atoms with van der Waals surface area (Å²) < 4.78 is 4.66. The molecule has 3 N–H and O–H groups in total. The van der Waals surface area contributed by atoms with E-state index >= 15 is 0 Å². The van der Waals surface area contributed by atoms with Crippen molar-refractivity contribution in [3.05, 3.63) is 12.7 Å². The number of rotatable bonds is 5. The fourth-order valence-electron chi connectivity index (χ4n) is 1.98. The number of amides is 1. The molecule has 0 aliphatic heterocycles. The summed E-state index contributed by atoms with van der Waals surface area (Å²) in [6, 6.07) is -1.01. The monoisotopic (exact) mass is 243 g/mol. The minimum absolute atomic E-state index is 0.0332. The van der Waals surface area contributed by atoms with E-state index in [1.165, 1.54) is 6.08 Å². The number of hydrogen-bond acceptors (Lipinski definition) is 4. The van der Waals surface area contributed by atoms with Crippen LogP contribution in [-0.2, 0) is 9.53 Å². The number of aliphatic hydroxyl groups is 1. The first-order chi connectivity index (χ1) is 8.04. The summed E-state index contributed by atoms with van der Waals surface area (Å²) in [7, 11) is 0. The molecule has 1 saturated carbocycles. The number of nitrogens with one attached hydrogen (secondary N) is 1. The first kappa shape index (κ1) is 13.5. The van der Waals surface area contributed by atoms with Crippen LogP contribution >= 0.6 is 0 Å². The average molecular weight is 243 g/mol. The Kier molecular flexibility index (Phi) is 4.96. The van der Waals surface area contributed by atoms with E-state index in [9.17, 15) is 14.7 Å². The molecule has 0 aromatic carbocycles. The molecule has 0 heterocycles. The molecule has 1 fully saturated rings. The van der Waals surface area contributed by atoms with Gasteiger partial charge in [0.15, 0.2) is 0 Å².